The summed E-state index contributed by atoms with van der Waals surface area (Å²) >= 11 is 5.30. The van der Waals surface area contributed by atoms with Crippen molar-refractivity contribution in [2.24, 2.45) is 0 Å². The molecule has 7 heteroatoms. The van der Waals surface area contributed by atoms with Crippen LogP contribution in [0.25, 0.3) is 0 Å². The highest BCUT2D eigenvalue weighted by Crippen LogP contribution is 2.33. The molecule has 2 aliphatic heterocycles. The van der Waals surface area contributed by atoms with Crippen LogP contribution in [0.1, 0.15) is 29.7 Å². The third-order valence-corrected chi connectivity index (χ3v) is 6.13. The number of hydrogen-bond donors (Lipinski definition) is 1. The van der Waals surface area contributed by atoms with Gasteiger partial charge >= 0.3 is 5.97 Å². The minimum absolute atomic E-state index is 0.0161. The van der Waals surface area contributed by atoms with Crippen LogP contribution in [0.3, 0.4) is 0 Å². The van der Waals surface area contributed by atoms with E-state index in [1.54, 1.807) is 11.3 Å². The van der Waals surface area contributed by atoms with Gasteiger partial charge in [-0.3, -0.25) is 14.5 Å². The number of thiophene rings is 1. The SMILES string of the molecule is O=C(O)CN1CCCCC(N2CCc3sc(Br)cc3C2)C1=O. The van der Waals surface area contributed by atoms with Crippen LogP contribution in [0.4, 0.5) is 0 Å². The van der Waals surface area contributed by atoms with E-state index in [9.17, 15) is 9.59 Å². The Kier molecular flexibility index (Phi) is 4.84. The third-order valence-electron chi connectivity index (χ3n) is 4.39. The van der Waals surface area contributed by atoms with Crippen molar-refractivity contribution < 1.29 is 14.7 Å². The number of carbonyl (C=O) groups excluding carboxylic acids is 1. The van der Waals surface area contributed by atoms with Gasteiger partial charge in [-0.2, -0.15) is 0 Å². The van der Waals surface area contributed by atoms with Crippen LogP contribution in [-0.2, 0) is 22.6 Å². The summed E-state index contributed by atoms with van der Waals surface area (Å²) in [6, 6.07) is 1.97. The number of carboxylic acid groups (broad SMARTS) is 1. The molecule has 0 saturated carbocycles. The van der Waals surface area contributed by atoms with Crippen molar-refractivity contribution in [3.63, 3.8) is 0 Å². The van der Waals surface area contributed by atoms with E-state index in [-0.39, 0.29) is 18.5 Å². The number of halogens is 1. The van der Waals surface area contributed by atoms with E-state index in [0.717, 1.165) is 42.6 Å². The Labute approximate surface area is 142 Å². The first-order chi connectivity index (χ1) is 10.5. The molecular formula is C15H19BrN2O3S. The topological polar surface area (TPSA) is 60.9 Å². The van der Waals surface area contributed by atoms with E-state index in [1.165, 1.54) is 15.3 Å². The van der Waals surface area contributed by atoms with Crippen molar-refractivity contribution in [1.82, 2.24) is 9.80 Å². The van der Waals surface area contributed by atoms with Crippen LogP contribution < -0.4 is 0 Å². The summed E-state index contributed by atoms with van der Waals surface area (Å²) < 4.78 is 1.14. The van der Waals surface area contributed by atoms with E-state index in [1.807, 2.05) is 0 Å². The highest BCUT2D eigenvalue weighted by atomic mass is 79.9. The molecule has 1 unspecified atom stereocenters. The molecule has 120 valence electrons. The van der Waals surface area contributed by atoms with Crippen molar-refractivity contribution in [3.8, 4) is 0 Å². The van der Waals surface area contributed by atoms with Gasteiger partial charge in [0.25, 0.3) is 0 Å². The van der Waals surface area contributed by atoms with Gasteiger partial charge in [0.1, 0.15) is 6.54 Å². The fourth-order valence-corrected chi connectivity index (χ4v) is 5.08. The number of carboxylic acids is 1. The maximum Gasteiger partial charge on any atom is 0.323 e. The van der Waals surface area contributed by atoms with Gasteiger partial charge in [-0.05, 0) is 53.2 Å². The van der Waals surface area contributed by atoms with Crippen molar-refractivity contribution in [1.29, 1.82) is 0 Å². The molecule has 1 atom stereocenters. The smallest absolute Gasteiger partial charge is 0.323 e. The standard InChI is InChI=1S/C15H19BrN2O3S/c16-13-7-10-8-17(6-4-12(10)22-13)11-3-1-2-5-18(15(11)21)9-14(19)20/h7,11H,1-6,8-9H2,(H,19,20). The molecule has 22 heavy (non-hydrogen) atoms. The Morgan fingerprint density at radius 3 is 3.00 bits per heavy atom. The van der Waals surface area contributed by atoms with Crippen molar-refractivity contribution >= 4 is 39.1 Å². The zero-order valence-corrected chi connectivity index (χ0v) is 14.7. The molecular weight excluding hydrogens is 368 g/mol. The Bertz CT molecular complexity index is 589. The average molecular weight is 387 g/mol. The Balaban J connectivity index is 1.75. The average Bonchev–Trinajstić information content (AvgIpc) is 2.74. The molecule has 1 aromatic heterocycles. The minimum Gasteiger partial charge on any atom is -0.480 e. The second-order valence-electron chi connectivity index (χ2n) is 5.88. The molecule has 0 spiro atoms. The number of likely N-dealkylation sites (tertiary alicyclic amines) is 1. The predicted molar refractivity (Wildman–Crippen MR) is 88.0 cm³/mol. The number of fused-ring (bicyclic) bond motifs is 1. The largest absolute Gasteiger partial charge is 0.480 e. The van der Waals surface area contributed by atoms with Crippen LogP contribution >= 0.6 is 27.3 Å². The van der Waals surface area contributed by atoms with Gasteiger partial charge in [-0.1, -0.05) is 0 Å². The van der Waals surface area contributed by atoms with Crippen molar-refractivity contribution in [2.45, 2.75) is 38.3 Å². The lowest BCUT2D eigenvalue weighted by molar-refractivity contribution is -0.146. The first-order valence-electron chi connectivity index (χ1n) is 7.56. The molecule has 1 amide bonds. The van der Waals surface area contributed by atoms with Gasteiger partial charge in [0.15, 0.2) is 0 Å². The Morgan fingerprint density at radius 1 is 1.41 bits per heavy atom. The number of aliphatic carboxylic acids is 1. The summed E-state index contributed by atoms with van der Waals surface area (Å²) in [5.41, 5.74) is 1.30. The summed E-state index contributed by atoms with van der Waals surface area (Å²) in [4.78, 5) is 28.8. The second kappa shape index (κ2) is 6.68. The fourth-order valence-electron chi connectivity index (χ4n) is 3.33. The van der Waals surface area contributed by atoms with Crippen LogP contribution in [0, 0.1) is 0 Å². The molecule has 0 bridgehead atoms. The highest BCUT2D eigenvalue weighted by Gasteiger charge is 2.34. The lowest BCUT2D eigenvalue weighted by Gasteiger charge is -2.34. The first kappa shape index (κ1) is 16.0. The number of hydrogen-bond acceptors (Lipinski definition) is 4. The van der Waals surface area contributed by atoms with E-state index in [4.69, 9.17) is 5.11 Å². The van der Waals surface area contributed by atoms with Crippen LogP contribution in [0.5, 0.6) is 0 Å². The molecule has 0 aliphatic carbocycles. The summed E-state index contributed by atoms with van der Waals surface area (Å²) in [5.74, 6) is -0.950. The molecule has 1 N–H and O–H groups in total. The molecule has 1 saturated heterocycles. The molecule has 2 aliphatic rings. The number of nitrogens with zero attached hydrogens (tertiary/aromatic N) is 2. The van der Waals surface area contributed by atoms with E-state index in [0.29, 0.717) is 6.54 Å². The number of rotatable bonds is 3. The molecule has 1 aromatic rings. The first-order valence-corrected chi connectivity index (χ1v) is 9.17. The van der Waals surface area contributed by atoms with Crippen LogP contribution in [0.15, 0.2) is 9.85 Å². The van der Waals surface area contributed by atoms with E-state index in [2.05, 4.69) is 26.9 Å². The van der Waals surface area contributed by atoms with E-state index < -0.39 is 5.97 Å². The number of carbonyl (C=O) groups is 2. The van der Waals surface area contributed by atoms with Crippen molar-refractivity contribution in [3.05, 3.63) is 20.3 Å². The zero-order chi connectivity index (χ0) is 15.7. The maximum atomic E-state index is 12.7. The Hall–Kier alpha value is -0.920. The summed E-state index contributed by atoms with van der Waals surface area (Å²) in [7, 11) is 0. The summed E-state index contributed by atoms with van der Waals surface area (Å²) in [5, 5.41) is 8.99. The van der Waals surface area contributed by atoms with Gasteiger partial charge in [-0.15, -0.1) is 11.3 Å². The third kappa shape index (κ3) is 3.36. The normalized spacial score (nSPS) is 23.2. The van der Waals surface area contributed by atoms with Gasteiger partial charge in [-0.25, -0.2) is 0 Å². The maximum absolute atomic E-state index is 12.7. The molecule has 0 aromatic carbocycles. The van der Waals surface area contributed by atoms with Gasteiger partial charge in [0.2, 0.25) is 5.91 Å². The molecule has 3 heterocycles. The van der Waals surface area contributed by atoms with Gasteiger partial charge in [0.05, 0.1) is 9.83 Å². The Morgan fingerprint density at radius 2 is 2.23 bits per heavy atom. The lowest BCUT2D eigenvalue weighted by atomic mass is 10.0. The lowest BCUT2D eigenvalue weighted by Crippen LogP contribution is -2.50. The van der Waals surface area contributed by atoms with Crippen LogP contribution in [-0.4, -0.2) is 52.5 Å². The summed E-state index contributed by atoms with van der Waals surface area (Å²) in [6.07, 6.45) is 3.66. The quantitative estimate of drug-likeness (QED) is 0.865. The molecule has 0 radical (unpaired) electrons. The minimum atomic E-state index is -0.934. The fraction of sp³-hybridized carbons (Fsp3) is 0.600. The second-order valence-corrected chi connectivity index (χ2v) is 8.40. The van der Waals surface area contributed by atoms with Crippen LogP contribution in [0.2, 0.25) is 0 Å². The van der Waals surface area contributed by atoms with Gasteiger partial charge in [0, 0.05) is 24.5 Å². The highest BCUT2D eigenvalue weighted by molar-refractivity contribution is 9.11. The molecule has 3 rings (SSSR count). The van der Waals surface area contributed by atoms with Gasteiger partial charge < -0.3 is 10.0 Å². The predicted octanol–water partition coefficient (Wildman–Crippen LogP) is 2.33. The zero-order valence-electron chi connectivity index (χ0n) is 12.3. The summed E-state index contributed by atoms with van der Waals surface area (Å²) in [6.45, 7) is 2.04. The number of amides is 1. The van der Waals surface area contributed by atoms with E-state index >= 15 is 0 Å². The van der Waals surface area contributed by atoms with Crippen molar-refractivity contribution in [2.75, 3.05) is 19.6 Å². The molecule has 1 fully saturated rings. The monoisotopic (exact) mass is 386 g/mol. The molecule has 5 nitrogen and oxygen atoms in total.